The first-order valence-corrected chi connectivity index (χ1v) is 11.3. The Morgan fingerprint density at radius 2 is 2.03 bits per heavy atom. The number of Topliss-reactive ketones (excluding diaryl/α,β-unsaturated/α-hetero) is 1. The van der Waals surface area contributed by atoms with Gasteiger partial charge in [0.25, 0.3) is 0 Å². The lowest BCUT2D eigenvalue weighted by molar-refractivity contribution is -0.133. The topological polar surface area (TPSA) is 68.1 Å². The van der Waals surface area contributed by atoms with Crippen LogP contribution in [0.15, 0.2) is 42.0 Å². The number of hydrogen-bond acceptors (Lipinski definition) is 5. The number of amides is 1. The molecule has 30 heavy (non-hydrogen) atoms. The number of piperidine rings is 1. The van der Waals surface area contributed by atoms with Crippen molar-refractivity contribution in [2.75, 3.05) is 13.1 Å². The van der Waals surface area contributed by atoms with Crippen LogP contribution < -0.4 is 0 Å². The minimum Gasteiger partial charge on any atom is -0.342 e. The molecule has 7 heteroatoms. The summed E-state index contributed by atoms with van der Waals surface area (Å²) in [6.45, 7) is 4.17. The van der Waals surface area contributed by atoms with E-state index in [-0.39, 0.29) is 17.6 Å². The summed E-state index contributed by atoms with van der Waals surface area (Å²) in [4.78, 5) is 36.6. The molecule has 1 unspecified atom stereocenters. The van der Waals surface area contributed by atoms with Crippen LogP contribution in [0, 0.1) is 6.92 Å². The number of aryl methyl sites for hydroxylation is 1. The quantitative estimate of drug-likeness (QED) is 0.644. The van der Waals surface area contributed by atoms with Gasteiger partial charge >= 0.3 is 0 Å². The van der Waals surface area contributed by atoms with E-state index in [1.807, 2.05) is 48.5 Å². The summed E-state index contributed by atoms with van der Waals surface area (Å²) >= 11 is 1.67. The largest absolute Gasteiger partial charge is 0.342 e. The highest BCUT2D eigenvalue weighted by Crippen LogP contribution is 2.36. The van der Waals surface area contributed by atoms with Crippen molar-refractivity contribution in [3.05, 3.63) is 69.7 Å². The molecule has 3 aromatic rings. The summed E-state index contributed by atoms with van der Waals surface area (Å²) in [5.41, 5.74) is 2.67. The Hall–Kier alpha value is -2.80. The third-order valence-corrected chi connectivity index (χ3v) is 7.06. The number of carbonyl (C=O) groups is 2. The molecule has 2 aromatic heterocycles. The first kappa shape index (κ1) is 19.2. The molecule has 1 amide bonds. The minimum absolute atomic E-state index is 0.0816. The highest BCUT2D eigenvalue weighted by Gasteiger charge is 2.37. The van der Waals surface area contributed by atoms with Crippen LogP contribution in [0.4, 0.5) is 0 Å². The Morgan fingerprint density at radius 1 is 1.23 bits per heavy atom. The summed E-state index contributed by atoms with van der Waals surface area (Å²) < 4.78 is 2.18. The third kappa shape index (κ3) is 3.47. The normalized spacial score (nSPS) is 19.3. The van der Waals surface area contributed by atoms with Crippen molar-refractivity contribution in [3.8, 4) is 0 Å². The van der Waals surface area contributed by atoms with E-state index in [0.29, 0.717) is 31.0 Å². The molecule has 0 saturated carbocycles. The lowest BCUT2D eigenvalue weighted by Gasteiger charge is -2.33. The van der Waals surface area contributed by atoms with E-state index in [2.05, 4.69) is 19.9 Å². The molecule has 0 N–H and O–H groups in total. The summed E-state index contributed by atoms with van der Waals surface area (Å²) in [5, 5.41) is 3.17. The number of aromatic nitrogens is 3. The molecule has 0 spiro atoms. The molecule has 6 nitrogen and oxygen atoms in total. The van der Waals surface area contributed by atoms with Gasteiger partial charge in [-0.3, -0.25) is 9.59 Å². The molecule has 0 radical (unpaired) electrons. The van der Waals surface area contributed by atoms with Gasteiger partial charge in [0.05, 0.1) is 23.2 Å². The van der Waals surface area contributed by atoms with Gasteiger partial charge in [0.2, 0.25) is 5.91 Å². The molecule has 3 heterocycles. The zero-order valence-corrected chi connectivity index (χ0v) is 17.8. The number of likely N-dealkylation sites (tertiary alicyclic amines) is 1. The number of thiazole rings is 1. The van der Waals surface area contributed by atoms with Gasteiger partial charge in [0.15, 0.2) is 5.78 Å². The molecule has 1 fully saturated rings. The minimum atomic E-state index is -0.319. The van der Waals surface area contributed by atoms with Gasteiger partial charge in [0, 0.05) is 48.8 Å². The fourth-order valence-corrected chi connectivity index (χ4v) is 5.33. The van der Waals surface area contributed by atoms with Crippen molar-refractivity contribution in [2.45, 2.75) is 44.6 Å². The second-order valence-corrected chi connectivity index (χ2v) is 9.20. The van der Waals surface area contributed by atoms with Gasteiger partial charge in [-0.1, -0.05) is 24.3 Å². The number of imidazole rings is 1. The molecule has 1 aliphatic heterocycles. The van der Waals surface area contributed by atoms with Crippen LogP contribution in [0.1, 0.15) is 63.5 Å². The van der Waals surface area contributed by atoms with E-state index in [4.69, 9.17) is 0 Å². The summed E-state index contributed by atoms with van der Waals surface area (Å²) in [7, 11) is 0. The van der Waals surface area contributed by atoms with Crippen LogP contribution >= 0.6 is 11.3 Å². The van der Waals surface area contributed by atoms with Crippen molar-refractivity contribution >= 4 is 23.0 Å². The van der Waals surface area contributed by atoms with Gasteiger partial charge < -0.3 is 9.47 Å². The molecule has 5 rings (SSSR count). The monoisotopic (exact) mass is 420 g/mol. The Labute approximate surface area is 179 Å². The van der Waals surface area contributed by atoms with Crippen LogP contribution in [0.25, 0.3) is 0 Å². The van der Waals surface area contributed by atoms with Gasteiger partial charge in [-0.2, -0.15) is 0 Å². The third-order valence-electron chi connectivity index (χ3n) is 6.24. The molecular formula is C23H24N4O2S. The lowest BCUT2D eigenvalue weighted by Crippen LogP contribution is -2.40. The van der Waals surface area contributed by atoms with Gasteiger partial charge in [-0.25, -0.2) is 9.97 Å². The Morgan fingerprint density at radius 3 is 2.80 bits per heavy atom. The average molecular weight is 421 g/mol. The first-order chi connectivity index (χ1) is 14.6. The van der Waals surface area contributed by atoms with E-state index in [1.165, 1.54) is 0 Å². The van der Waals surface area contributed by atoms with Crippen molar-refractivity contribution in [2.24, 2.45) is 0 Å². The van der Waals surface area contributed by atoms with Crippen molar-refractivity contribution in [3.63, 3.8) is 0 Å². The first-order valence-electron chi connectivity index (χ1n) is 10.4. The molecule has 154 valence electrons. The number of hydrogen-bond donors (Lipinski definition) is 0. The van der Waals surface area contributed by atoms with Gasteiger partial charge in [-0.15, -0.1) is 11.3 Å². The Bertz CT molecular complexity index is 1090. The number of fused-ring (bicyclic) bond motifs is 1. The van der Waals surface area contributed by atoms with Crippen molar-refractivity contribution in [1.29, 1.82) is 0 Å². The van der Waals surface area contributed by atoms with E-state index < -0.39 is 0 Å². The van der Waals surface area contributed by atoms with Gasteiger partial charge in [-0.05, 0) is 25.3 Å². The van der Waals surface area contributed by atoms with Crippen LogP contribution in [0.3, 0.4) is 0 Å². The lowest BCUT2D eigenvalue weighted by atomic mass is 9.93. The standard InChI is InChI=1S/C23H24N4O2S/c1-15-25-17(14-30-15)13-27-11-8-24-22(27)16-6-9-26(10-7-16)23(29)20-12-21(28)19-5-3-2-4-18(19)20/h2-5,8,11,14,16,20H,6-7,9-10,12-13H2,1H3. The second kappa shape index (κ2) is 7.80. The second-order valence-electron chi connectivity index (χ2n) is 8.14. The molecule has 1 saturated heterocycles. The molecule has 1 aromatic carbocycles. The maximum atomic E-state index is 13.2. The number of ketones is 1. The van der Waals surface area contributed by atoms with Crippen molar-refractivity contribution < 1.29 is 9.59 Å². The smallest absolute Gasteiger partial charge is 0.230 e. The molecule has 0 bridgehead atoms. The van der Waals surface area contributed by atoms with Crippen LogP contribution in [0.2, 0.25) is 0 Å². The molecule has 2 aliphatic rings. The van der Waals surface area contributed by atoms with Gasteiger partial charge in [0.1, 0.15) is 5.82 Å². The highest BCUT2D eigenvalue weighted by atomic mass is 32.1. The Kier molecular flexibility index (Phi) is 4.98. The number of benzene rings is 1. The molecular weight excluding hydrogens is 396 g/mol. The van der Waals surface area contributed by atoms with E-state index in [0.717, 1.165) is 41.5 Å². The zero-order chi connectivity index (χ0) is 20.7. The number of rotatable bonds is 4. The predicted octanol–water partition coefficient (Wildman–Crippen LogP) is 3.77. The van der Waals surface area contributed by atoms with E-state index in [1.54, 1.807) is 11.3 Å². The highest BCUT2D eigenvalue weighted by molar-refractivity contribution is 7.09. The van der Waals surface area contributed by atoms with Crippen LogP contribution in [-0.2, 0) is 11.3 Å². The summed E-state index contributed by atoms with van der Waals surface area (Å²) in [6, 6.07) is 7.53. The fourth-order valence-electron chi connectivity index (χ4n) is 4.73. The SMILES string of the molecule is Cc1nc(Cn2ccnc2C2CCN(C(=O)C3CC(=O)c4ccccc43)CC2)cs1. The van der Waals surface area contributed by atoms with E-state index >= 15 is 0 Å². The van der Waals surface area contributed by atoms with Crippen LogP contribution in [0.5, 0.6) is 0 Å². The average Bonchev–Trinajstić information content (AvgIpc) is 3.48. The summed E-state index contributed by atoms with van der Waals surface area (Å²) in [6.07, 6.45) is 5.95. The maximum absolute atomic E-state index is 13.2. The summed E-state index contributed by atoms with van der Waals surface area (Å²) in [5.74, 6) is 1.27. The predicted molar refractivity (Wildman–Crippen MR) is 115 cm³/mol. The molecule has 1 aliphatic carbocycles. The fraction of sp³-hybridized carbons (Fsp3) is 0.391. The number of nitrogens with zero attached hydrogens (tertiary/aromatic N) is 4. The van der Waals surface area contributed by atoms with E-state index in [9.17, 15) is 9.59 Å². The van der Waals surface area contributed by atoms with Crippen molar-refractivity contribution in [1.82, 2.24) is 19.4 Å². The zero-order valence-electron chi connectivity index (χ0n) is 17.0. The van der Waals surface area contributed by atoms with Crippen LogP contribution in [-0.4, -0.2) is 44.2 Å². The number of carbonyl (C=O) groups excluding carboxylic acids is 2. The maximum Gasteiger partial charge on any atom is 0.230 e. The molecule has 1 atom stereocenters. The Balaban J connectivity index is 1.25.